The summed E-state index contributed by atoms with van der Waals surface area (Å²) >= 11 is 1.78. The van der Waals surface area contributed by atoms with E-state index in [2.05, 4.69) is 31.1 Å². The number of hydrogen-bond acceptors (Lipinski definition) is 4. The van der Waals surface area contributed by atoms with Crippen molar-refractivity contribution in [2.24, 2.45) is 16.1 Å². The van der Waals surface area contributed by atoms with Crippen LogP contribution < -0.4 is 11.1 Å². The monoisotopic (exact) mass is 271 g/mol. The third-order valence-corrected chi connectivity index (χ3v) is 3.72. The van der Waals surface area contributed by atoms with E-state index in [0.29, 0.717) is 17.1 Å². The molecule has 1 heterocycles. The molecule has 0 radical (unpaired) electrons. The van der Waals surface area contributed by atoms with Crippen LogP contribution in [-0.4, -0.2) is 28.4 Å². The highest BCUT2D eigenvalue weighted by Gasteiger charge is 2.28. The zero-order chi connectivity index (χ0) is 14.0. The molecular weight excluding hydrogens is 246 g/mol. The molecule has 1 aliphatic rings. The van der Waals surface area contributed by atoms with Crippen molar-refractivity contribution in [3.05, 3.63) is 0 Å². The van der Waals surface area contributed by atoms with Crippen molar-refractivity contribution in [1.29, 1.82) is 0 Å². The smallest absolute Gasteiger partial charge is 0.219 e. The molecule has 104 valence electrons. The van der Waals surface area contributed by atoms with Crippen molar-refractivity contribution < 1.29 is 4.79 Å². The standard InChI is InChI=1S/C13H25N3OS/c1-12(2,3)6-9-8-15-11(18-9)16-13(4,5)7-10(14)17/h9H,6-8H2,1-5H3,(H2,14,17)(H,15,16). The number of nitrogens with one attached hydrogen (secondary N) is 1. The Bertz CT molecular complexity index is 345. The summed E-state index contributed by atoms with van der Waals surface area (Å²) in [6.45, 7) is 11.5. The fraction of sp³-hybridized carbons (Fsp3) is 0.846. The Morgan fingerprint density at radius 1 is 1.44 bits per heavy atom. The van der Waals surface area contributed by atoms with E-state index in [4.69, 9.17) is 5.73 Å². The molecule has 4 nitrogen and oxygen atoms in total. The predicted molar refractivity (Wildman–Crippen MR) is 78.8 cm³/mol. The maximum atomic E-state index is 11.0. The average Bonchev–Trinajstić information content (AvgIpc) is 2.44. The molecule has 1 rings (SSSR count). The molecule has 0 aliphatic carbocycles. The van der Waals surface area contributed by atoms with Crippen LogP contribution in [0.5, 0.6) is 0 Å². The normalized spacial score (nSPS) is 20.7. The molecule has 18 heavy (non-hydrogen) atoms. The second kappa shape index (κ2) is 5.51. The summed E-state index contributed by atoms with van der Waals surface area (Å²) in [5.41, 5.74) is 5.24. The summed E-state index contributed by atoms with van der Waals surface area (Å²) in [6, 6.07) is 0. The molecule has 1 unspecified atom stereocenters. The fourth-order valence-electron chi connectivity index (χ4n) is 2.04. The van der Waals surface area contributed by atoms with Gasteiger partial charge in [-0.05, 0) is 25.7 Å². The van der Waals surface area contributed by atoms with Gasteiger partial charge in [0.2, 0.25) is 5.91 Å². The van der Waals surface area contributed by atoms with Gasteiger partial charge in [-0.15, -0.1) is 0 Å². The van der Waals surface area contributed by atoms with Gasteiger partial charge in [-0.1, -0.05) is 32.5 Å². The number of thioether (sulfide) groups is 1. The highest BCUT2D eigenvalue weighted by Crippen LogP contribution is 2.32. The quantitative estimate of drug-likeness (QED) is 0.823. The minimum Gasteiger partial charge on any atom is -0.370 e. The Kier molecular flexibility index (Phi) is 4.70. The van der Waals surface area contributed by atoms with Crippen molar-refractivity contribution in [2.45, 2.75) is 58.2 Å². The third-order valence-electron chi connectivity index (χ3n) is 2.62. The molecule has 1 atom stereocenters. The van der Waals surface area contributed by atoms with E-state index >= 15 is 0 Å². The second-order valence-corrected chi connectivity index (χ2v) is 8.09. The van der Waals surface area contributed by atoms with Crippen LogP contribution in [0.3, 0.4) is 0 Å². The predicted octanol–water partition coefficient (Wildman–Crippen LogP) is 2.14. The Balaban J connectivity index is 2.45. The lowest BCUT2D eigenvalue weighted by Crippen LogP contribution is -2.44. The molecule has 5 heteroatoms. The third kappa shape index (κ3) is 5.76. The van der Waals surface area contributed by atoms with Crippen LogP contribution in [0.2, 0.25) is 0 Å². The summed E-state index contributed by atoms with van der Waals surface area (Å²) in [4.78, 5) is 15.5. The minimum absolute atomic E-state index is 0.290. The van der Waals surface area contributed by atoms with Crippen LogP contribution in [-0.2, 0) is 4.79 Å². The number of amidine groups is 1. The maximum absolute atomic E-state index is 11.0. The Morgan fingerprint density at radius 2 is 2.06 bits per heavy atom. The Labute approximate surface area is 114 Å². The molecule has 0 aromatic rings. The van der Waals surface area contributed by atoms with Crippen molar-refractivity contribution in [2.75, 3.05) is 6.54 Å². The zero-order valence-electron chi connectivity index (χ0n) is 12.0. The van der Waals surface area contributed by atoms with E-state index in [-0.39, 0.29) is 11.4 Å². The molecule has 0 saturated heterocycles. The lowest BCUT2D eigenvalue weighted by molar-refractivity contribution is -0.119. The van der Waals surface area contributed by atoms with Gasteiger partial charge >= 0.3 is 0 Å². The van der Waals surface area contributed by atoms with Crippen LogP contribution >= 0.6 is 11.8 Å². The molecule has 0 saturated carbocycles. The van der Waals surface area contributed by atoms with Gasteiger partial charge < -0.3 is 11.1 Å². The van der Waals surface area contributed by atoms with E-state index in [1.54, 1.807) is 11.8 Å². The molecule has 0 fully saturated rings. The van der Waals surface area contributed by atoms with Crippen LogP contribution in [0.15, 0.2) is 4.99 Å². The van der Waals surface area contributed by atoms with E-state index in [1.165, 1.54) is 0 Å². The van der Waals surface area contributed by atoms with Crippen molar-refractivity contribution >= 4 is 22.8 Å². The number of amides is 1. The highest BCUT2D eigenvalue weighted by molar-refractivity contribution is 8.14. The number of nitrogens with two attached hydrogens (primary N) is 1. The lowest BCUT2D eigenvalue weighted by Gasteiger charge is -2.26. The van der Waals surface area contributed by atoms with Crippen molar-refractivity contribution in [3.8, 4) is 0 Å². The van der Waals surface area contributed by atoms with Gasteiger partial charge in [-0.3, -0.25) is 9.79 Å². The Morgan fingerprint density at radius 3 is 2.56 bits per heavy atom. The average molecular weight is 271 g/mol. The number of carbonyl (C=O) groups excluding carboxylic acids is 1. The van der Waals surface area contributed by atoms with Crippen LogP contribution in [0.4, 0.5) is 0 Å². The largest absolute Gasteiger partial charge is 0.370 e. The number of aliphatic imine (C=N–C) groups is 1. The lowest BCUT2D eigenvalue weighted by atomic mass is 9.90. The van der Waals surface area contributed by atoms with Crippen LogP contribution in [0.1, 0.15) is 47.5 Å². The summed E-state index contributed by atoms with van der Waals surface area (Å²) in [5.74, 6) is -0.290. The SMILES string of the molecule is CC(C)(C)CC1CN=C(NC(C)(C)CC(N)=O)S1. The molecule has 3 N–H and O–H groups in total. The van der Waals surface area contributed by atoms with Crippen molar-refractivity contribution in [1.82, 2.24) is 5.32 Å². The fourth-order valence-corrected chi connectivity index (χ4v) is 3.58. The number of nitrogens with zero attached hydrogens (tertiary/aromatic N) is 1. The van der Waals surface area contributed by atoms with E-state index in [0.717, 1.165) is 18.1 Å². The minimum atomic E-state index is -0.325. The molecule has 1 aliphatic heterocycles. The first-order chi connectivity index (χ1) is 8.07. The van der Waals surface area contributed by atoms with Gasteiger partial charge in [-0.25, -0.2) is 0 Å². The van der Waals surface area contributed by atoms with Gasteiger partial charge in [0, 0.05) is 17.2 Å². The highest BCUT2D eigenvalue weighted by atomic mass is 32.2. The molecule has 1 amide bonds. The molecular formula is C13H25N3OS. The van der Waals surface area contributed by atoms with E-state index in [9.17, 15) is 4.79 Å². The molecule has 0 spiro atoms. The Hall–Kier alpha value is -0.710. The second-order valence-electron chi connectivity index (χ2n) is 6.80. The summed E-state index contributed by atoms with van der Waals surface area (Å²) in [5, 5.41) is 4.79. The van der Waals surface area contributed by atoms with E-state index < -0.39 is 0 Å². The topological polar surface area (TPSA) is 67.5 Å². The number of rotatable bonds is 4. The van der Waals surface area contributed by atoms with Crippen LogP contribution in [0.25, 0.3) is 0 Å². The van der Waals surface area contributed by atoms with Crippen LogP contribution in [0, 0.1) is 5.41 Å². The van der Waals surface area contributed by atoms with Gasteiger partial charge in [0.25, 0.3) is 0 Å². The first-order valence-corrected chi connectivity index (χ1v) is 7.23. The van der Waals surface area contributed by atoms with Gasteiger partial charge in [0.1, 0.15) is 0 Å². The molecule has 0 bridgehead atoms. The van der Waals surface area contributed by atoms with Gasteiger partial charge in [-0.2, -0.15) is 0 Å². The summed E-state index contributed by atoms with van der Waals surface area (Å²) in [6.07, 6.45) is 1.46. The molecule has 0 aromatic heterocycles. The molecule has 0 aromatic carbocycles. The summed E-state index contributed by atoms with van der Waals surface area (Å²) in [7, 11) is 0. The number of primary amides is 1. The first kappa shape index (κ1) is 15.3. The van der Waals surface area contributed by atoms with Gasteiger partial charge in [0.05, 0.1) is 6.54 Å². The number of hydrogen-bond donors (Lipinski definition) is 2. The van der Waals surface area contributed by atoms with Crippen molar-refractivity contribution in [3.63, 3.8) is 0 Å². The number of carbonyl (C=O) groups is 1. The maximum Gasteiger partial charge on any atom is 0.219 e. The van der Waals surface area contributed by atoms with E-state index in [1.807, 2.05) is 13.8 Å². The zero-order valence-corrected chi connectivity index (χ0v) is 12.9. The first-order valence-electron chi connectivity index (χ1n) is 6.35. The van der Waals surface area contributed by atoms with Gasteiger partial charge in [0.15, 0.2) is 5.17 Å². The summed E-state index contributed by atoms with van der Waals surface area (Å²) < 4.78 is 0.